The Hall–Kier alpha value is -3.68. The summed E-state index contributed by atoms with van der Waals surface area (Å²) in [6, 6.07) is 31.9. The highest BCUT2D eigenvalue weighted by molar-refractivity contribution is 7.70. The van der Waals surface area contributed by atoms with Crippen LogP contribution < -0.4 is 5.30 Å². The Morgan fingerprint density at radius 2 is 1.39 bits per heavy atom. The summed E-state index contributed by atoms with van der Waals surface area (Å²) in [5.41, 5.74) is 4.15. The smallest absolute Gasteiger partial charge is 0.147 e. The third kappa shape index (κ3) is 2.57. The molecule has 33 heavy (non-hydrogen) atoms. The summed E-state index contributed by atoms with van der Waals surface area (Å²) in [5, 5.41) is 9.05. The largest absolute Gasteiger partial charge is 0.319 e. The zero-order valence-corrected chi connectivity index (χ0v) is 19.3. The minimum Gasteiger partial charge on any atom is -0.319 e. The quantitative estimate of drug-likeness (QED) is 0.196. The van der Waals surface area contributed by atoms with Crippen LogP contribution in [0.2, 0.25) is 0 Å². The number of pyridine rings is 1. The van der Waals surface area contributed by atoms with Gasteiger partial charge in [-0.15, -0.1) is 0 Å². The SMILES string of the molecule is CP(C)(=O)c1ccc2c(c1)c1ccc3ccccc3c1c1nc3ccc4ccccc4c3n21. The molecule has 158 valence electrons. The van der Waals surface area contributed by atoms with Gasteiger partial charge in [-0.1, -0.05) is 66.7 Å². The van der Waals surface area contributed by atoms with Crippen LogP contribution in [0.4, 0.5) is 0 Å². The second-order valence-corrected chi connectivity index (χ2v) is 12.4. The lowest BCUT2D eigenvalue weighted by Gasteiger charge is -2.14. The van der Waals surface area contributed by atoms with Crippen molar-refractivity contribution in [3.8, 4) is 0 Å². The van der Waals surface area contributed by atoms with Crippen molar-refractivity contribution in [1.82, 2.24) is 9.38 Å². The van der Waals surface area contributed by atoms with Crippen molar-refractivity contribution in [3.05, 3.63) is 91.0 Å². The van der Waals surface area contributed by atoms with E-state index in [1.54, 1.807) is 0 Å². The fourth-order valence-corrected chi connectivity index (χ4v) is 6.12. The number of hydrogen-bond acceptors (Lipinski definition) is 2. The van der Waals surface area contributed by atoms with Gasteiger partial charge in [-0.05, 0) is 59.1 Å². The Morgan fingerprint density at radius 3 is 2.18 bits per heavy atom. The maximum absolute atomic E-state index is 13.0. The molecule has 0 spiro atoms. The van der Waals surface area contributed by atoms with Crippen LogP contribution in [0.25, 0.3) is 59.9 Å². The molecule has 0 aliphatic carbocycles. The number of imidazole rings is 1. The Bertz CT molecular complexity index is 1980. The van der Waals surface area contributed by atoms with Crippen molar-refractivity contribution in [3.63, 3.8) is 0 Å². The highest BCUT2D eigenvalue weighted by Gasteiger charge is 2.19. The predicted molar refractivity (Wildman–Crippen MR) is 142 cm³/mol. The predicted octanol–water partition coefficient (Wildman–Crippen LogP) is 7.35. The first-order valence-electron chi connectivity index (χ1n) is 11.1. The van der Waals surface area contributed by atoms with Crippen LogP contribution in [0, 0.1) is 0 Å². The first-order valence-corrected chi connectivity index (χ1v) is 13.7. The molecule has 2 heterocycles. The Kier molecular flexibility index (Phi) is 3.67. The van der Waals surface area contributed by atoms with E-state index >= 15 is 0 Å². The summed E-state index contributed by atoms with van der Waals surface area (Å²) in [6.07, 6.45) is 0. The fraction of sp³-hybridized carbons (Fsp3) is 0.0690. The topological polar surface area (TPSA) is 34.4 Å². The zero-order chi connectivity index (χ0) is 22.3. The van der Waals surface area contributed by atoms with Gasteiger partial charge in [-0.25, -0.2) is 4.98 Å². The molecule has 0 aliphatic heterocycles. The molecule has 0 saturated carbocycles. The van der Waals surface area contributed by atoms with Crippen molar-refractivity contribution < 1.29 is 4.57 Å². The average Bonchev–Trinajstić information content (AvgIpc) is 3.23. The molecule has 0 bridgehead atoms. The first-order chi connectivity index (χ1) is 16.0. The van der Waals surface area contributed by atoms with E-state index in [9.17, 15) is 4.57 Å². The average molecular weight is 444 g/mol. The molecule has 0 radical (unpaired) electrons. The minimum absolute atomic E-state index is 0.901. The number of benzene rings is 5. The van der Waals surface area contributed by atoms with Crippen molar-refractivity contribution in [2.45, 2.75) is 0 Å². The Balaban J connectivity index is 1.85. The molecule has 0 unspecified atom stereocenters. The first kappa shape index (κ1) is 18.8. The summed E-state index contributed by atoms with van der Waals surface area (Å²) in [7, 11) is -2.41. The molecule has 0 fully saturated rings. The molecule has 4 heteroatoms. The summed E-state index contributed by atoms with van der Waals surface area (Å²) in [4.78, 5) is 5.17. The number of fused-ring (bicyclic) bond motifs is 12. The van der Waals surface area contributed by atoms with Gasteiger partial charge in [0.2, 0.25) is 0 Å². The van der Waals surface area contributed by atoms with Crippen LogP contribution in [0.15, 0.2) is 91.0 Å². The number of aromatic nitrogens is 2. The van der Waals surface area contributed by atoms with Gasteiger partial charge in [0.1, 0.15) is 12.8 Å². The highest BCUT2D eigenvalue weighted by atomic mass is 31.2. The molecular formula is C29H21N2OP. The van der Waals surface area contributed by atoms with Crippen LogP contribution in [0.5, 0.6) is 0 Å². The number of nitrogens with zero attached hydrogens (tertiary/aromatic N) is 2. The van der Waals surface area contributed by atoms with E-state index in [0.717, 1.165) is 43.7 Å². The van der Waals surface area contributed by atoms with Gasteiger partial charge in [0.25, 0.3) is 0 Å². The van der Waals surface area contributed by atoms with Gasteiger partial charge in [0.15, 0.2) is 0 Å². The van der Waals surface area contributed by atoms with Crippen molar-refractivity contribution in [1.29, 1.82) is 0 Å². The van der Waals surface area contributed by atoms with Crippen LogP contribution in [0.3, 0.4) is 0 Å². The maximum atomic E-state index is 13.0. The van der Waals surface area contributed by atoms with Gasteiger partial charge in [0.05, 0.1) is 16.6 Å². The number of hydrogen-bond donors (Lipinski definition) is 0. The normalized spacial score (nSPS) is 12.7. The van der Waals surface area contributed by atoms with Gasteiger partial charge in [-0.3, -0.25) is 4.40 Å². The lowest BCUT2D eigenvalue weighted by atomic mass is 9.99. The zero-order valence-electron chi connectivity index (χ0n) is 18.4. The molecule has 0 N–H and O–H groups in total. The molecule has 0 aliphatic rings. The summed E-state index contributed by atoms with van der Waals surface area (Å²) >= 11 is 0. The Labute approximate surface area is 190 Å². The van der Waals surface area contributed by atoms with Gasteiger partial charge < -0.3 is 4.57 Å². The molecule has 2 aromatic heterocycles. The van der Waals surface area contributed by atoms with Crippen LogP contribution >= 0.6 is 7.14 Å². The molecule has 7 rings (SSSR count). The summed E-state index contributed by atoms with van der Waals surface area (Å²) < 4.78 is 15.3. The highest BCUT2D eigenvalue weighted by Crippen LogP contribution is 2.40. The third-order valence-corrected chi connectivity index (χ3v) is 8.35. The molecule has 0 amide bonds. The lowest BCUT2D eigenvalue weighted by Crippen LogP contribution is -2.04. The van der Waals surface area contributed by atoms with Crippen LogP contribution in [0.1, 0.15) is 0 Å². The maximum Gasteiger partial charge on any atom is 0.147 e. The van der Waals surface area contributed by atoms with Crippen molar-refractivity contribution in [2.24, 2.45) is 0 Å². The Morgan fingerprint density at radius 1 is 0.697 bits per heavy atom. The van der Waals surface area contributed by atoms with E-state index in [1.807, 2.05) is 19.4 Å². The van der Waals surface area contributed by atoms with E-state index in [0.29, 0.717) is 0 Å². The summed E-state index contributed by atoms with van der Waals surface area (Å²) in [6.45, 7) is 3.68. The van der Waals surface area contributed by atoms with Gasteiger partial charge in [-0.2, -0.15) is 0 Å². The molecule has 0 saturated heterocycles. The van der Waals surface area contributed by atoms with Crippen LogP contribution in [-0.2, 0) is 4.57 Å². The van der Waals surface area contributed by atoms with Crippen molar-refractivity contribution in [2.75, 3.05) is 13.3 Å². The van der Waals surface area contributed by atoms with E-state index in [-0.39, 0.29) is 0 Å². The molecular weight excluding hydrogens is 423 g/mol. The summed E-state index contributed by atoms with van der Waals surface area (Å²) in [5.74, 6) is 0. The molecule has 3 nitrogen and oxygen atoms in total. The van der Waals surface area contributed by atoms with E-state index in [2.05, 4.69) is 89.3 Å². The van der Waals surface area contributed by atoms with Crippen LogP contribution in [-0.4, -0.2) is 22.7 Å². The molecule has 7 aromatic rings. The van der Waals surface area contributed by atoms with E-state index in [1.165, 1.54) is 21.5 Å². The molecule has 5 aromatic carbocycles. The van der Waals surface area contributed by atoms with Gasteiger partial charge >= 0.3 is 0 Å². The second kappa shape index (κ2) is 6.43. The van der Waals surface area contributed by atoms with E-state index < -0.39 is 7.14 Å². The monoisotopic (exact) mass is 444 g/mol. The third-order valence-electron chi connectivity index (χ3n) is 6.83. The lowest BCUT2D eigenvalue weighted by molar-refractivity contribution is 0.588. The van der Waals surface area contributed by atoms with Gasteiger partial charge in [0, 0.05) is 21.5 Å². The minimum atomic E-state index is -2.41. The van der Waals surface area contributed by atoms with Crippen molar-refractivity contribution >= 4 is 72.3 Å². The fourth-order valence-electron chi connectivity index (χ4n) is 5.25. The second-order valence-electron chi connectivity index (χ2n) is 9.19. The molecule has 0 atom stereocenters. The standard InChI is InChI=1S/C29H21N2OP/c1-33(2,32)20-13-16-26-24(17-20)23-14-11-18-7-3-5-9-21(18)27(23)29-30-25-15-12-19-8-4-6-10-22(19)28(25)31(26)29/h3-17H,1-2H3. The number of rotatable bonds is 1. The van der Waals surface area contributed by atoms with E-state index in [4.69, 9.17) is 4.98 Å².